The van der Waals surface area contributed by atoms with Crippen molar-refractivity contribution >= 4 is 29.3 Å². The average molecular weight is 402 g/mol. The lowest BCUT2D eigenvalue weighted by Gasteiger charge is -2.09. The van der Waals surface area contributed by atoms with E-state index in [1.807, 2.05) is 41.0 Å². The number of nitrogens with zero attached hydrogens (tertiary/aromatic N) is 4. The van der Waals surface area contributed by atoms with E-state index in [0.29, 0.717) is 11.6 Å². The molecule has 140 valence electrons. The maximum atomic E-state index is 12.2. The monoisotopic (exact) mass is 401 g/mol. The Kier molecular flexibility index (Phi) is 6.84. The second-order valence-electron chi connectivity index (χ2n) is 5.89. The van der Waals surface area contributed by atoms with Crippen LogP contribution in [0.15, 0.2) is 53.9 Å². The molecule has 0 aliphatic carbocycles. The molecule has 0 unspecified atom stereocenters. The molecule has 0 saturated carbocycles. The van der Waals surface area contributed by atoms with Crippen LogP contribution in [-0.4, -0.2) is 31.4 Å². The van der Waals surface area contributed by atoms with Gasteiger partial charge >= 0.3 is 0 Å². The van der Waals surface area contributed by atoms with Crippen molar-refractivity contribution < 1.29 is 4.79 Å². The molecule has 0 aliphatic heterocycles. The van der Waals surface area contributed by atoms with Gasteiger partial charge in [-0.05, 0) is 36.2 Å². The Morgan fingerprint density at radius 3 is 2.59 bits per heavy atom. The van der Waals surface area contributed by atoms with E-state index in [9.17, 15) is 4.79 Å². The fourth-order valence-electron chi connectivity index (χ4n) is 2.52. The summed E-state index contributed by atoms with van der Waals surface area (Å²) in [4.78, 5) is 16.2. The van der Waals surface area contributed by atoms with E-state index in [0.717, 1.165) is 35.1 Å². The number of aromatic nitrogens is 4. The van der Waals surface area contributed by atoms with Crippen LogP contribution < -0.4 is 5.32 Å². The summed E-state index contributed by atoms with van der Waals surface area (Å²) in [6.07, 6.45) is 4.42. The van der Waals surface area contributed by atoms with Crippen LogP contribution in [0, 0.1) is 0 Å². The van der Waals surface area contributed by atoms with E-state index in [4.69, 9.17) is 11.6 Å². The Hall–Kier alpha value is -2.38. The van der Waals surface area contributed by atoms with Gasteiger partial charge in [0, 0.05) is 36.1 Å². The van der Waals surface area contributed by atoms with Crippen LogP contribution >= 0.6 is 23.4 Å². The summed E-state index contributed by atoms with van der Waals surface area (Å²) in [7, 11) is 0. The SMILES string of the molecule is CCCn1c(SCC(=O)NCc2ccc(Cl)cc2)nnc1-c1ccncc1. The van der Waals surface area contributed by atoms with Crippen molar-refractivity contribution in [2.45, 2.75) is 31.6 Å². The summed E-state index contributed by atoms with van der Waals surface area (Å²) < 4.78 is 2.05. The number of pyridine rings is 1. The predicted octanol–water partition coefficient (Wildman–Crippen LogP) is 3.81. The topological polar surface area (TPSA) is 72.7 Å². The zero-order chi connectivity index (χ0) is 19.1. The molecule has 2 aromatic heterocycles. The third kappa shape index (κ3) is 5.30. The second kappa shape index (κ2) is 9.53. The zero-order valence-electron chi connectivity index (χ0n) is 14.9. The van der Waals surface area contributed by atoms with Crippen LogP contribution in [0.25, 0.3) is 11.4 Å². The molecule has 27 heavy (non-hydrogen) atoms. The summed E-state index contributed by atoms with van der Waals surface area (Å²) in [6.45, 7) is 3.36. The molecule has 0 fully saturated rings. The molecule has 0 bridgehead atoms. The van der Waals surface area contributed by atoms with Crippen LogP contribution in [0.5, 0.6) is 0 Å². The third-order valence-corrected chi connectivity index (χ3v) is 5.06. The molecular formula is C19H20ClN5OS. The van der Waals surface area contributed by atoms with Gasteiger partial charge in [-0.15, -0.1) is 10.2 Å². The van der Waals surface area contributed by atoms with Crippen LogP contribution in [-0.2, 0) is 17.9 Å². The van der Waals surface area contributed by atoms with Crippen LogP contribution in [0.3, 0.4) is 0 Å². The molecule has 0 spiro atoms. The first-order valence-electron chi connectivity index (χ1n) is 8.65. The first kappa shape index (κ1) is 19.4. The molecule has 8 heteroatoms. The van der Waals surface area contributed by atoms with Gasteiger partial charge in [0.1, 0.15) is 0 Å². The average Bonchev–Trinajstić information content (AvgIpc) is 3.09. The number of rotatable bonds is 8. The Labute approximate surface area is 167 Å². The number of hydrogen-bond donors (Lipinski definition) is 1. The number of amides is 1. The number of thioether (sulfide) groups is 1. The van der Waals surface area contributed by atoms with Crippen LogP contribution in [0.1, 0.15) is 18.9 Å². The van der Waals surface area contributed by atoms with Crippen molar-refractivity contribution in [3.8, 4) is 11.4 Å². The van der Waals surface area contributed by atoms with Crippen molar-refractivity contribution in [2.24, 2.45) is 0 Å². The van der Waals surface area contributed by atoms with E-state index >= 15 is 0 Å². The lowest BCUT2D eigenvalue weighted by Crippen LogP contribution is -2.24. The Balaban J connectivity index is 1.61. The van der Waals surface area contributed by atoms with Gasteiger partial charge < -0.3 is 9.88 Å². The van der Waals surface area contributed by atoms with Gasteiger partial charge in [0.2, 0.25) is 5.91 Å². The van der Waals surface area contributed by atoms with Crippen molar-refractivity contribution in [1.29, 1.82) is 0 Å². The number of nitrogens with one attached hydrogen (secondary N) is 1. The standard InChI is InChI=1S/C19H20ClN5OS/c1-2-11-25-18(15-7-9-21-10-8-15)23-24-19(25)27-13-17(26)22-12-14-3-5-16(20)6-4-14/h3-10H,2,11-13H2,1H3,(H,22,26). The number of halogens is 1. The van der Waals surface area contributed by atoms with E-state index in [-0.39, 0.29) is 11.7 Å². The highest BCUT2D eigenvalue weighted by Gasteiger charge is 2.15. The minimum Gasteiger partial charge on any atom is -0.351 e. The molecule has 0 aliphatic rings. The Morgan fingerprint density at radius 2 is 1.89 bits per heavy atom. The largest absolute Gasteiger partial charge is 0.351 e. The fourth-order valence-corrected chi connectivity index (χ4v) is 3.44. The van der Waals surface area contributed by atoms with Crippen molar-refractivity contribution in [3.05, 3.63) is 59.4 Å². The third-order valence-electron chi connectivity index (χ3n) is 3.84. The molecule has 0 radical (unpaired) electrons. The van der Waals surface area contributed by atoms with E-state index < -0.39 is 0 Å². The van der Waals surface area contributed by atoms with E-state index in [1.54, 1.807) is 12.4 Å². The number of carbonyl (C=O) groups excluding carboxylic acids is 1. The van der Waals surface area contributed by atoms with Gasteiger partial charge in [0.25, 0.3) is 0 Å². The molecule has 2 heterocycles. The minimum atomic E-state index is -0.0496. The van der Waals surface area contributed by atoms with E-state index in [1.165, 1.54) is 11.8 Å². The van der Waals surface area contributed by atoms with Crippen molar-refractivity contribution in [1.82, 2.24) is 25.1 Å². The van der Waals surface area contributed by atoms with Gasteiger partial charge in [-0.1, -0.05) is 42.4 Å². The summed E-state index contributed by atoms with van der Waals surface area (Å²) in [5, 5.41) is 12.9. The minimum absolute atomic E-state index is 0.0496. The van der Waals surface area contributed by atoms with Crippen molar-refractivity contribution in [2.75, 3.05) is 5.75 Å². The summed E-state index contributed by atoms with van der Waals surface area (Å²) in [5.41, 5.74) is 1.97. The molecule has 1 amide bonds. The van der Waals surface area contributed by atoms with Gasteiger partial charge in [-0.3, -0.25) is 9.78 Å². The summed E-state index contributed by atoms with van der Waals surface area (Å²) >= 11 is 7.26. The normalized spacial score (nSPS) is 10.7. The molecule has 3 rings (SSSR count). The fraction of sp³-hybridized carbons (Fsp3) is 0.263. The highest BCUT2D eigenvalue weighted by Crippen LogP contribution is 2.23. The van der Waals surface area contributed by atoms with Gasteiger partial charge in [-0.2, -0.15) is 0 Å². The number of hydrogen-bond acceptors (Lipinski definition) is 5. The van der Waals surface area contributed by atoms with E-state index in [2.05, 4.69) is 27.4 Å². The molecule has 0 atom stereocenters. The second-order valence-corrected chi connectivity index (χ2v) is 7.26. The maximum Gasteiger partial charge on any atom is 0.230 e. The molecule has 6 nitrogen and oxygen atoms in total. The van der Waals surface area contributed by atoms with Gasteiger partial charge in [0.05, 0.1) is 5.75 Å². The van der Waals surface area contributed by atoms with Crippen molar-refractivity contribution in [3.63, 3.8) is 0 Å². The predicted molar refractivity (Wildman–Crippen MR) is 108 cm³/mol. The smallest absolute Gasteiger partial charge is 0.230 e. The number of carbonyl (C=O) groups is 1. The lowest BCUT2D eigenvalue weighted by molar-refractivity contribution is -0.118. The molecule has 0 saturated heterocycles. The number of benzene rings is 1. The highest BCUT2D eigenvalue weighted by atomic mass is 35.5. The molecular weight excluding hydrogens is 382 g/mol. The highest BCUT2D eigenvalue weighted by molar-refractivity contribution is 7.99. The molecule has 3 aromatic rings. The summed E-state index contributed by atoms with van der Waals surface area (Å²) in [6, 6.07) is 11.2. The molecule has 1 aromatic carbocycles. The lowest BCUT2D eigenvalue weighted by atomic mass is 10.2. The van der Waals surface area contributed by atoms with Crippen LogP contribution in [0.2, 0.25) is 5.02 Å². The molecule has 1 N–H and O–H groups in total. The Morgan fingerprint density at radius 1 is 1.15 bits per heavy atom. The zero-order valence-corrected chi connectivity index (χ0v) is 16.5. The first-order valence-corrected chi connectivity index (χ1v) is 10.0. The Bertz CT molecular complexity index is 883. The van der Waals surface area contributed by atoms with Crippen LogP contribution in [0.4, 0.5) is 0 Å². The first-order chi connectivity index (χ1) is 13.2. The summed E-state index contributed by atoms with van der Waals surface area (Å²) in [5.74, 6) is 1.03. The quantitative estimate of drug-likeness (QED) is 0.581. The maximum absolute atomic E-state index is 12.2. The van der Waals surface area contributed by atoms with Gasteiger partial charge in [0.15, 0.2) is 11.0 Å². The van der Waals surface area contributed by atoms with Gasteiger partial charge in [-0.25, -0.2) is 0 Å².